The van der Waals surface area contributed by atoms with E-state index in [-0.39, 0.29) is 11.3 Å². The quantitative estimate of drug-likeness (QED) is 0.458. The van der Waals surface area contributed by atoms with E-state index in [1.165, 1.54) is 6.07 Å². The van der Waals surface area contributed by atoms with Gasteiger partial charge in [0.05, 0.1) is 10.5 Å². The first-order valence-electron chi connectivity index (χ1n) is 5.62. The van der Waals surface area contributed by atoms with E-state index in [9.17, 15) is 14.9 Å². The highest BCUT2D eigenvalue weighted by Gasteiger charge is 2.17. The minimum Gasteiger partial charge on any atom is -0.276 e. The highest BCUT2D eigenvalue weighted by molar-refractivity contribution is 6.68. The van der Waals surface area contributed by atoms with E-state index in [4.69, 9.17) is 11.6 Å². The number of nitro groups is 1. The lowest BCUT2D eigenvalue weighted by atomic mass is 10.0. The lowest BCUT2D eigenvalue weighted by Crippen LogP contribution is -1.99. The van der Waals surface area contributed by atoms with Crippen molar-refractivity contribution < 1.29 is 9.72 Å². The van der Waals surface area contributed by atoms with Crippen molar-refractivity contribution in [3.05, 3.63) is 45.0 Å². The van der Waals surface area contributed by atoms with Crippen LogP contribution in [-0.2, 0) is 0 Å². The number of nitrogens with zero attached hydrogens (tertiary/aromatic N) is 1. The molecule has 0 spiro atoms. The van der Waals surface area contributed by atoms with Crippen LogP contribution in [0.25, 0.3) is 6.08 Å². The second-order valence-electron chi connectivity index (χ2n) is 3.95. The lowest BCUT2D eigenvalue weighted by Gasteiger charge is -2.04. The van der Waals surface area contributed by atoms with E-state index in [1.54, 1.807) is 19.1 Å². The van der Waals surface area contributed by atoms with Crippen LogP contribution in [-0.4, -0.2) is 10.2 Å². The molecule has 0 aliphatic heterocycles. The SMILES string of the molecule is CCCC=Cc1cc(C)c(C(=O)Cl)cc1[N+](=O)[O-]. The van der Waals surface area contributed by atoms with Gasteiger partial charge in [0.25, 0.3) is 10.9 Å². The van der Waals surface area contributed by atoms with Gasteiger partial charge in [0.2, 0.25) is 0 Å². The van der Waals surface area contributed by atoms with Crippen molar-refractivity contribution in [1.29, 1.82) is 0 Å². The van der Waals surface area contributed by atoms with Crippen molar-refractivity contribution in [1.82, 2.24) is 0 Å². The normalized spacial score (nSPS) is 10.8. The molecule has 96 valence electrons. The number of nitro benzene ring substituents is 1. The van der Waals surface area contributed by atoms with Gasteiger partial charge in [-0.05, 0) is 36.6 Å². The maximum atomic E-state index is 11.1. The average molecular weight is 268 g/mol. The van der Waals surface area contributed by atoms with Gasteiger partial charge in [0, 0.05) is 11.6 Å². The number of allylic oxidation sites excluding steroid dienone is 1. The number of carbonyl (C=O) groups is 1. The molecule has 4 nitrogen and oxygen atoms in total. The van der Waals surface area contributed by atoms with Gasteiger partial charge < -0.3 is 0 Å². The first kappa shape index (κ1) is 14.4. The van der Waals surface area contributed by atoms with Crippen LogP contribution in [0.3, 0.4) is 0 Å². The molecule has 1 rings (SSSR count). The molecule has 0 atom stereocenters. The maximum absolute atomic E-state index is 11.1. The summed E-state index contributed by atoms with van der Waals surface area (Å²) < 4.78 is 0. The van der Waals surface area contributed by atoms with Gasteiger partial charge in [-0.15, -0.1) is 0 Å². The molecular weight excluding hydrogens is 254 g/mol. The van der Waals surface area contributed by atoms with Gasteiger partial charge in [0.15, 0.2) is 0 Å². The molecule has 0 amide bonds. The Hall–Kier alpha value is -1.68. The van der Waals surface area contributed by atoms with Crippen LogP contribution in [0.4, 0.5) is 5.69 Å². The monoisotopic (exact) mass is 267 g/mol. The summed E-state index contributed by atoms with van der Waals surface area (Å²) in [6.45, 7) is 3.73. The van der Waals surface area contributed by atoms with Crippen molar-refractivity contribution >= 4 is 28.6 Å². The largest absolute Gasteiger partial charge is 0.277 e. The maximum Gasteiger partial charge on any atom is 0.277 e. The van der Waals surface area contributed by atoms with Crippen LogP contribution in [0, 0.1) is 17.0 Å². The molecule has 0 bridgehead atoms. The van der Waals surface area contributed by atoms with Crippen molar-refractivity contribution in [2.75, 3.05) is 0 Å². The summed E-state index contributed by atoms with van der Waals surface area (Å²) in [7, 11) is 0. The van der Waals surface area contributed by atoms with Gasteiger partial charge >= 0.3 is 0 Å². The van der Waals surface area contributed by atoms with Crippen LogP contribution in [0.1, 0.15) is 41.3 Å². The molecule has 1 aromatic carbocycles. The van der Waals surface area contributed by atoms with E-state index in [2.05, 4.69) is 0 Å². The summed E-state index contributed by atoms with van der Waals surface area (Å²) in [6.07, 6.45) is 5.41. The lowest BCUT2D eigenvalue weighted by molar-refractivity contribution is -0.385. The van der Waals surface area contributed by atoms with Crippen LogP contribution in [0.15, 0.2) is 18.2 Å². The Bertz CT molecular complexity index is 509. The van der Waals surface area contributed by atoms with Gasteiger partial charge in [-0.3, -0.25) is 14.9 Å². The Morgan fingerprint density at radius 3 is 2.67 bits per heavy atom. The number of halogens is 1. The third-order valence-corrected chi connectivity index (χ3v) is 2.74. The molecule has 5 heteroatoms. The molecule has 0 saturated heterocycles. The van der Waals surface area contributed by atoms with Gasteiger partial charge in [0.1, 0.15) is 0 Å². The summed E-state index contributed by atoms with van der Waals surface area (Å²) >= 11 is 5.38. The summed E-state index contributed by atoms with van der Waals surface area (Å²) in [5.41, 5.74) is 1.21. The third kappa shape index (κ3) is 3.40. The molecule has 18 heavy (non-hydrogen) atoms. The molecule has 0 fully saturated rings. The first-order chi connectivity index (χ1) is 8.47. The summed E-state index contributed by atoms with van der Waals surface area (Å²) in [5.74, 6) is 0. The van der Waals surface area contributed by atoms with Crippen LogP contribution < -0.4 is 0 Å². The molecule has 0 aliphatic rings. The topological polar surface area (TPSA) is 60.2 Å². The third-order valence-electron chi connectivity index (χ3n) is 2.53. The van der Waals surface area contributed by atoms with Crippen LogP contribution in [0.2, 0.25) is 0 Å². The van der Waals surface area contributed by atoms with Gasteiger partial charge in [-0.1, -0.05) is 25.5 Å². The predicted molar refractivity (Wildman–Crippen MR) is 72.0 cm³/mol. The van der Waals surface area contributed by atoms with Gasteiger partial charge in [-0.2, -0.15) is 0 Å². The Morgan fingerprint density at radius 2 is 2.17 bits per heavy atom. The molecule has 0 heterocycles. The molecule has 0 unspecified atom stereocenters. The molecule has 1 aromatic rings. The van der Waals surface area contributed by atoms with Crippen molar-refractivity contribution in [2.24, 2.45) is 0 Å². The second kappa shape index (κ2) is 6.31. The Labute approximate surface area is 110 Å². The van der Waals surface area contributed by atoms with E-state index >= 15 is 0 Å². The Balaban J connectivity index is 3.29. The first-order valence-corrected chi connectivity index (χ1v) is 6.00. The number of hydrogen-bond donors (Lipinski definition) is 0. The zero-order valence-electron chi connectivity index (χ0n) is 10.3. The standard InChI is InChI=1S/C13H14ClNO3/c1-3-4-5-6-10-7-9(2)11(13(14)16)8-12(10)15(17)18/h5-8H,3-4H2,1-2H3. The summed E-state index contributed by atoms with van der Waals surface area (Å²) in [5, 5.41) is 10.3. The minimum absolute atomic E-state index is 0.100. The highest BCUT2D eigenvalue weighted by atomic mass is 35.5. The fourth-order valence-electron chi connectivity index (χ4n) is 1.60. The van der Waals surface area contributed by atoms with Gasteiger partial charge in [-0.25, -0.2) is 0 Å². The predicted octanol–water partition coefficient (Wildman–Crippen LogP) is 4.10. The number of rotatable bonds is 5. The minimum atomic E-state index is -0.681. The molecule has 0 radical (unpaired) electrons. The van der Waals surface area contributed by atoms with Crippen LogP contribution in [0.5, 0.6) is 0 Å². The molecule has 0 saturated carbocycles. The number of aryl methyl sites for hydroxylation is 1. The number of hydrogen-bond acceptors (Lipinski definition) is 3. The number of benzene rings is 1. The Morgan fingerprint density at radius 1 is 1.50 bits per heavy atom. The van der Waals surface area contributed by atoms with Crippen molar-refractivity contribution in [2.45, 2.75) is 26.7 Å². The van der Waals surface area contributed by atoms with E-state index < -0.39 is 10.2 Å². The van der Waals surface area contributed by atoms with Crippen molar-refractivity contribution in [3.8, 4) is 0 Å². The average Bonchev–Trinajstić information content (AvgIpc) is 2.28. The van der Waals surface area contributed by atoms with Crippen molar-refractivity contribution in [3.63, 3.8) is 0 Å². The molecule has 0 aliphatic carbocycles. The van der Waals surface area contributed by atoms with E-state index in [1.807, 2.05) is 13.0 Å². The van der Waals surface area contributed by atoms with E-state index in [0.717, 1.165) is 12.8 Å². The highest BCUT2D eigenvalue weighted by Crippen LogP contribution is 2.26. The van der Waals surface area contributed by atoms with E-state index in [0.29, 0.717) is 11.1 Å². The summed E-state index contributed by atoms with van der Waals surface area (Å²) in [6, 6.07) is 2.84. The fraction of sp³-hybridized carbons (Fsp3) is 0.308. The molecular formula is C13H14ClNO3. The second-order valence-corrected chi connectivity index (χ2v) is 4.29. The number of carbonyl (C=O) groups excluding carboxylic acids is 1. The molecule has 0 N–H and O–H groups in total. The Kier molecular flexibility index (Phi) is 5.04. The zero-order valence-corrected chi connectivity index (χ0v) is 11.0. The smallest absolute Gasteiger partial charge is 0.276 e. The zero-order chi connectivity index (χ0) is 13.7. The van der Waals surface area contributed by atoms with Crippen LogP contribution >= 0.6 is 11.6 Å². The summed E-state index contributed by atoms with van der Waals surface area (Å²) in [4.78, 5) is 21.6. The molecule has 0 aromatic heterocycles. The fourth-order valence-corrected chi connectivity index (χ4v) is 1.80. The number of unbranched alkanes of at least 4 members (excludes halogenated alkanes) is 1.